The smallest absolute Gasteiger partial charge is 0.243 e. The highest BCUT2D eigenvalue weighted by Gasteiger charge is 2.30. The van der Waals surface area contributed by atoms with Crippen molar-refractivity contribution in [3.63, 3.8) is 0 Å². The SMILES string of the molecule is O=S(=O)(c1cccc2cnccc12)N1CCC(CBr)CC1. The molecule has 0 unspecified atom stereocenters. The van der Waals surface area contributed by atoms with Crippen molar-refractivity contribution in [2.75, 3.05) is 18.4 Å². The van der Waals surface area contributed by atoms with Crippen molar-refractivity contribution in [3.8, 4) is 0 Å². The van der Waals surface area contributed by atoms with Gasteiger partial charge in [0.2, 0.25) is 10.0 Å². The van der Waals surface area contributed by atoms with Crippen molar-refractivity contribution < 1.29 is 8.42 Å². The van der Waals surface area contributed by atoms with Crippen LogP contribution < -0.4 is 0 Å². The molecule has 0 saturated carbocycles. The summed E-state index contributed by atoms with van der Waals surface area (Å²) in [5.74, 6) is 0.577. The Morgan fingerprint density at radius 1 is 1.24 bits per heavy atom. The lowest BCUT2D eigenvalue weighted by Crippen LogP contribution is -2.38. The van der Waals surface area contributed by atoms with Crippen LogP contribution in [0.1, 0.15) is 12.8 Å². The van der Waals surface area contributed by atoms with Gasteiger partial charge in [-0.25, -0.2) is 8.42 Å². The number of sulfonamides is 1. The van der Waals surface area contributed by atoms with Gasteiger partial charge in [0, 0.05) is 41.6 Å². The van der Waals surface area contributed by atoms with E-state index in [9.17, 15) is 8.42 Å². The first kappa shape index (κ1) is 14.9. The minimum atomic E-state index is -3.43. The lowest BCUT2D eigenvalue weighted by molar-refractivity contribution is 0.292. The topological polar surface area (TPSA) is 50.3 Å². The van der Waals surface area contributed by atoms with Gasteiger partial charge in [-0.05, 0) is 30.9 Å². The molecule has 6 heteroatoms. The number of halogens is 1. The molecule has 2 aromatic rings. The molecule has 1 aromatic carbocycles. The van der Waals surface area contributed by atoms with Crippen molar-refractivity contribution in [1.29, 1.82) is 0 Å². The Hall–Kier alpha value is -0.980. The number of benzene rings is 1. The van der Waals surface area contributed by atoms with Crippen molar-refractivity contribution in [1.82, 2.24) is 9.29 Å². The molecular weight excluding hydrogens is 352 g/mol. The molecular formula is C15H17BrN2O2S. The highest BCUT2D eigenvalue weighted by molar-refractivity contribution is 9.09. The molecule has 112 valence electrons. The number of piperidine rings is 1. The van der Waals surface area contributed by atoms with Crippen LogP contribution in [-0.4, -0.2) is 36.1 Å². The van der Waals surface area contributed by atoms with E-state index in [0.29, 0.717) is 23.9 Å². The normalized spacial score (nSPS) is 18.1. The van der Waals surface area contributed by atoms with Crippen molar-refractivity contribution in [2.24, 2.45) is 5.92 Å². The zero-order valence-corrected chi connectivity index (χ0v) is 14.0. The Bertz CT molecular complexity index is 735. The van der Waals surface area contributed by atoms with E-state index in [-0.39, 0.29) is 0 Å². The second-order valence-electron chi connectivity index (χ2n) is 5.35. The van der Waals surface area contributed by atoms with E-state index >= 15 is 0 Å². The predicted octanol–water partition coefficient (Wildman–Crippen LogP) is 3.03. The predicted molar refractivity (Wildman–Crippen MR) is 87.0 cm³/mol. The molecule has 3 rings (SSSR count). The van der Waals surface area contributed by atoms with Crippen LogP contribution in [0.25, 0.3) is 10.8 Å². The van der Waals surface area contributed by atoms with Crippen LogP contribution in [0, 0.1) is 5.92 Å². The molecule has 1 aliphatic rings. The maximum Gasteiger partial charge on any atom is 0.243 e. The molecule has 1 aliphatic heterocycles. The molecule has 0 N–H and O–H groups in total. The molecule has 1 fully saturated rings. The van der Waals surface area contributed by atoms with E-state index in [2.05, 4.69) is 20.9 Å². The summed E-state index contributed by atoms with van der Waals surface area (Å²) in [4.78, 5) is 4.44. The summed E-state index contributed by atoms with van der Waals surface area (Å²) in [7, 11) is -3.43. The molecule has 0 amide bonds. The second-order valence-corrected chi connectivity index (χ2v) is 7.91. The van der Waals surface area contributed by atoms with Gasteiger partial charge in [0.1, 0.15) is 0 Å². The summed E-state index contributed by atoms with van der Waals surface area (Å²) in [6.45, 7) is 1.19. The van der Waals surface area contributed by atoms with E-state index in [4.69, 9.17) is 0 Å². The summed E-state index contributed by atoms with van der Waals surface area (Å²) >= 11 is 3.48. The minimum Gasteiger partial charge on any atom is -0.264 e. The number of hydrogen-bond acceptors (Lipinski definition) is 3. The molecule has 0 radical (unpaired) electrons. The van der Waals surface area contributed by atoms with Gasteiger partial charge in [0.05, 0.1) is 4.90 Å². The third-order valence-corrected chi connectivity index (χ3v) is 6.92. The van der Waals surface area contributed by atoms with Crippen LogP contribution in [0.5, 0.6) is 0 Å². The van der Waals surface area contributed by atoms with Gasteiger partial charge in [-0.1, -0.05) is 28.1 Å². The number of hydrogen-bond donors (Lipinski definition) is 0. The third-order valence-electron chi connectivity index (χ3n) is 4.05. The number of nitrogens with zero attached hydrogens (tertiary/aromatic N) is 2. The average molecular weight is 369 g/mol. The monoisotopic (exact) mass is 368 g/mol. The highest BCUT2D eigenvalue weighted by atomic mass is 79.9. The minimum absolute atomic E-state index is 0.389. The molecule has 4 nitrogen and oxygen atoms in total. The van der Waals surface area contributed by atoms with E-state index < -0.39 is 10.0 Å². The third kappa shape index (κ3) is 2.84. The standard InChI is InChI=1S/C15H17BrN2O2S/c16-10-12-5-8-18(9-6-12)21(19,20)15-3-1-2-13-11-17-7-4-14(13)15/h1-4,7,11-12H,5-6,8-10H2. The fourth-order valence-corrected chi connectivity index (χ4v) is 5.09. The first-order valence-corrected chi connectivity index (χ1v) is 9.58. The number of alkyl halides is 1. The fourth-order valence-electron chi connectivity index (χ4n) is 2.76. The largest absolute Gasteiger partial charge is 0.264 e. The Balaban J connectivity index is 1.98. The Kier molecular flexibility index (Phi) is 4.28. The quantitative estimate of drug-likeness (QED) is 0.782. The Morgan fingerprint density at radius 2 is 2.00 bits per heavy atom. The number of aromatic nitrogens is 1. The van der Waals surface area contributed by atoms with Crippen LogP contribution in [0.4, 0.5) is 0 Å². The van der Waals surface area contributed by atoms with E-state index in [0.717, 1.165) is 28.9 Å². The van der Waals surface area contributed by atoms with Gasteiger partial charge in [-0.3, -0.25) is 4.98 Å². The van der Waals surface area contributed by atoms with E-state index in [1.807, 2.05) is 6.07 Å². The molecule has 21 heavy (non-hydrogen) atoms. The molecule has 0 spiro atoms. The zero-order valence-electron chi connectivity index (χ0n) is 11.6. The molecule has 2 heterocycles. The van der Waals surface area contributed by atoms with Gasteiger partial charge in [0.15, 0.2) is 0 Å². The molecule has 1 aromatic heterocycles. The first-order chi connectivity index (χ1) is 10.1. The summed E-state index contributed by atoms with van der Waals surface area (Å²) in [5, 5.41) is 2.55. The maximum absolute atomic E-state index is 12.9. The zero-order chi connectivity index (χ0) is 14.9. The van der Waals surface area contributed by atoms with Crippen LogP contribution in [-0.2, 0) is 10.0 Å². The van der Waals surface area contributed by atoms with Gasteiger partial charge in [-0.15, -0.1) is 0 Å². The lowest BCUT2D eigenvalue weighted by atomic mass is 10.0. The molecule has 0 atom stereocenters. The summed E-state index contributed by atoms with van der Waals surface area (Å²) in [6.07, 6.45) is 5.16. The van der Waals surface area contributed by atoms with Crippen LogP contribution in [0.2, 0.25) is 0 Å². The van der Waals surface area contributed by atoms with Crippen LogP contribution >= 0.6 is 15.9 Å². The maximum atomic E-state index is 12.9. The van der Waals surface area contributed by atoms with Crippen LogP contribution in [0.15, 0.2) is 41.6 Å². The number of rotatable bonds is 3. The molecule has 0 aliphatic carbocycles. The number of pyridine rings is 1. The Morgan fingerprint density at radius 3 is 2.71 bits per heavy atom. The fraction of sp³-hybridized carbons (Fsp3) is 0.400. The van der Waals surface area contributed by atoms with Gasteiger partial charge in [-0.2, -0.15) is 4.31 Å². The second kappa shape index (κ2) is 6.02. The molecule has 0 bridgehead atoms. The van der Waals surface area contributed by atoms with Gasteiger partial charge in [0.25, 0.3) is 0 Å². The Labute approximate surface area is 133 Å². The van der Waals surface area contributed by atoms with Crippen molar-refractivity contribution in [3.05, 3.63) is 36.7 Å². The van der Waals surface area contributed by atoms with Crippen molar-refractivity contribution >= 4 is 36.7 Å². The van der Waals surface area contributed by atoms with E-state index in [1.165, 1.54) is 0 Å². The van der Waals surface area contributed by atoms with Gasteiger partial charge < -0.3 is 0 Å². The highest BCUT2D eigenvalue weighted by Crippen LogP contribution is 2.28. The van der Waals surface area contributed by atoms with Crippen LogP contribution in [0.3, 0.4) is 0 Å². The molecule has 1 saturated heterocycles. The summed E-state index contributed by atoms with van der Waals surface area (Å²) < 4.78 is 27.4. The van der Waals surface area contributed by atoms with E-state index in [1.54, 1.807) is 34.9 Å². The van der Waals surface area contributed by atoms with Gasteiger partial charge >= 0.3 is 0 Å². The average Bonchev–Trinajstić information content (AvgIpc) is 2.54. The first-order valence-electron chi connectivity index (χ1n) is 7.02. The number of fused-ring (bicyclic) bond motifs is 1. The van der Waals surface area contributed by atoms with Crippen molar-refractivity contribution in [2.45, 2.75) is 17.7 Å². The summed E-state index contributed by atoms with van der Waals surface area (Å²) in [6, 6.07) is 7.13. The lowest BCUT2D eigenvalue weighted by Gasteiger charge is -2.30. The summed E-state index contributed by atoms with van der Waals surface area (Å²) in [5.41, 5.74) is 0.